The first-order chi connectivity index (χ1) is 11.8. The molecule has 2 amide bonds. The van der Waals surface area contributed by atoms with E-state index in [0.29, 0.717) is 35.7 Å². The highest BCUT2D eigenvalue weighted by molar-refractivity contribution is 5.97. The average molecular weight is 343 g/mol. The molecule has 0 aromatic heterocycles. The number of hydrogen-bond donors (Lipinski definition) is 3. The van der Waals surface area contributed by atoms with Gasteiger partial charge < -0.3 is 16.0 Å². The van der Waals surface area contributed by atoms with Crippen molar-refractivity contribution in [3.63, 3.8) is 0 Å². The number of amides is 2. The normalized spacial score (nSPS) is 25.5. The first-order valence-corrected chi connectivity index (χ1v) is 9.27. The Balaban J connectivity index is 1.56. The fraction of sp³-hybridized carbons (Fsp3) is 0.600. The van der Waals surface area contributed by atoms with Gasteiger partial charge >= 0.3 is 0 Å². The highest BCUT2D eigenvalue weighted by Gasteiger charge is 2.34. The van der Waals surface area contributed by atoms with E-state index in [4.69, 9.17) is 0 Å². The molecule has 2 bridgehead atoms. The first-order valence-electron chi connectivity index (χ1n) is 9.27. The van der Waals surface area contributed by atoms with Crippen molar-refractivity contribution in [2.45, 2.75) is 70.5 Å². The van der Waals surface area contributed by atoms with Gasteiger partial charge in [0.2, 0.25) is 5.91 Å². The topological polar surface area (TPSA) is 70.2 Å². The monoisotopic (exact) mass is 343 g/mol. The van der Waals surface area contributed by atoms with Crippen LogP contribution in [0.15, 0.2) is 24.3 Å². The zero-order valence-corrected chi connectivity index (χ0v) is 15.4. The van der Waals surface area contributed by atoms with Gasteiger partial charge in [0, 0.05) is 35.3 Å². The molecule has 3 N–H and O–H groups in total. The Morgan fingerprint density at radius 1 is 1.16 bits per heavy atom. The molecule has 0 saturated carbocycles. The average Bonchev–Trinajstić information content (AvgIpc) is 2.84. The quantitative estimate of drug-likeness (QED) is 0.787. The van der Waals surface area contributed by atoms with Gasteiger partial charge in [-0.2, -0.15) is 0 Å². The minimum atomic E-state index is -0.287. The van der Waals surface area contributed by atoms with Gasteiger partial charge in [-0.1, -0.05) is 6.07 Å². The van der Waals surface area contributed by atoms with Gasteiger partial charge in [0.1, 0.15) is 0 Å². The van der Waals surface area contributed by atoms with Gasteiger partial charge in [0.25, 0.3) is 5.91 Å². The molecule has 2 aliphatic heterocycles. The maximum absolute atomic E-state index is 12.4. The zero-order chi connectivity index (χ0) is 18.0. The molecule has 2 atom stereocenters. The van der Waals surface area contributed by atoms with E-state index in [0.717, 1.165) is 12.8 Å². The Morgan fingerprint density at radius 3 is 2.48 bits per heavy atom. The standard InChI is InChI=1S/C20H29N3O2/c1-20(2,3)23-19(25)14-5-4-6-15(12-14)22-18(24)11-13-9-16-7-8-17(10-13)21-16/h4-6,12-13,16-17,21H,7-11H2,1-3H3,(H,22,24)(H,23,25). The number of carbonyl (C=O) groups is 2. The number of hydrogen-bond acceptors (Lipinski definition) is 3. The number of carbonyl (C=O) groups excluding carboxylic acids is 2. The second-order valence-electron chi connectivity index (χ2n) is 8.51. The fourth-order valence-corrected chi connectivity index (χ4v) is 3.97. The third kappa shape index (κ3) is 5.05. The molecule has 2 aliphatic rings. The maximum Gasteiger partial charge on any atom is 0.251 e. The summed E-state index contributed by atoms with van der Waals surface area (Å²) >= 11 is 0. The molecule has 2 unspecified atom stereocenters. The number of rotatable bonds is 4. The van der Waals surface area contributed by atoms with Crippen molar-refractivity contribution in [1.82, 2.24) is 10.6 Å². The summed E-state index contributed by atoms with van der Waals surface area (Å²) < 4.78 is 0. The van der Waals surface area contributed by atoms with Gasteiger partial charge in [0.05, 0.1) is 0 Å². The van der Waals surface area contributed by atoms with Gasteiger partial charge in [-0.3, -0.25) is 9.59 Å². The van der Waals surface area contributed by atoms with Gasteiger partial charge in [-0.25, -0.2) is 0 Å². The van der Waals surface area contributed by atoms with Crippen LogP contribution in [0, 0.1) is 5.92 Å². The van der Waals surface area contributed by atoms with Crippen LogP contribution in [0.5, 0.6) is 0 Å². The van der Waals surface area contributed by atoms with Crippen molar-refractivity contribution >= 4 is 17.5 Å². The molecule has 136 valence electrons. The molecule has 5 heteroatoms. The Hall–Kier alpha value is -1.88. The van der Waals surface area contributed by atoms with E-state index >= 15 is 0 Å². The summed E-state index contributed by atoms with van der Waals surface area (Å²) in [5.41, 5.74) is 0.959. The lowest BCUT2D eigenvalue weighted by molar-refractivity contribution is -0.117. The Labute approximate surface area is 150 Å². The molecule has 0 radical (unpaired) electrons. The number of anilines is 1. The van der Waals surface area contributed by atoms with Crippen molar-refractivity contribution < 1.29 is 9.59 Å². The van der Waals surface area contributed by atoms with Crippen molar-refractivity contribution in [3.05, 3.63) is 29.8 Å². The summed E-state index contributed by atoms with van der Waals surface area (Å²) in [5.74, 6) is 0.379. The molecular formula is C20H29N3O2. The molecule has 2 saturated heterocycles. The third-order valence-electron chi connectivity index (χ3n) is 4.94. The SMILES string of the molecule is CC(C)(C)NC(=O)c1cccc(NC(=O)CC2CC3CCC(C2)N3)c1. The Kier molecular flexibility index (Phi) is 5.13. The van der Waals surface area contributed by atoms with Gasteiger partial charge in [-0.05, 0) is 70.6 Å². The molecule has 2 fully saturated rings. The second-order valence-corrected chi connectivity index (χ2v) is 8.51. The van der Waals surface area contributed by atoms with Crippen molar-refractivity contribution in [3.8, 4) is 0 Å². The molecule has 0 spiro atoms. The molecule has 25 heavy (non-hydrogen) atoms. The predicted octanol–water partition coefficient (Wildman–Crippen LogP) is 3.07. The number of benzene rings is 1. The summed E-state index contributed by atoms with van der Waals surface area (Å²) in [7, 11) is 0. The van der Waals surface area contributed by atoms with Crippen LogP contribution in [0.3, 0.4) is 0 Å². The summed E-state index contributed by atoms with van der Waals surface area (Å²) in [6.07, 6.45) is 5.24. The molecule has 1 aromatic rings. The van der Waals surface area contributed by atoms with Crippen molar-refractivity contribution in [2.75, 3.05) is 5.32 Å². The number of fused-ring (bicyclic) bond motifs is 2. The van der Waals surface area contributed by atoms with E-state index in [1.165, 1.54) is 12.8 Å². The molecule has 3 rings (SSSR count). The summed E-state index contributed by atoms with van der Waals surface area (Å²) in [5, 5.41) is 9.50. The molecule has 0 aliphatic carbocycles. The largest absolute Gasteiger partial charge is 0.347 e. The summed E-state index contributed by atoms with van der Waals surface area (Å²) in [6.45, 7) is 5.84. The van der Waals surface area contributed by atoms with E-state index < -0.39 is 0 Å². The maximum atomic E-state index is 12.4. The van der Waals surface area contributed by atoms with E-state index in [1.54, 1.807) is 18.2 Å². The van der Waals surface area contributed by atoms with Crippen molar-refractivity contribution in [1.29, 1.82) is 0 Å². The van der Waals surface area contributed by atoms with E-state index in [2.05, 4.69) is 16.0 Å². The second kappa shape index (κ2) is 7.16. The zero-order valence-electron chi connectivity index (χ0n) is 15.4. The Bertz CT molecular complexity index is 639. The minimum Gasteiger partial charge on any atom is -0.347 e. The van der Waals surface area contributed by atoms with E-state index in [-0.39, 0.29) is 17.4 Å². The Morgan fingerprint density at radius 2 is 1.84 bits per heavy atom. The van der Waals surface area contributed by atoms with Gasteiger partial charge in [-0.15, -0.1) is 0 Å². The van der Waals surface area contributed by atoms with Crippen LogP contribution < -0.4 is 16.0 Å². The molecule has 2 heterocycles. The molecular weight excluding hydrogens is 314 g/mol. The molecule has 1 aromatic carbocycles. The highest BCUT2D eigenvalue weighted by atomic mass is 16.2. The minimum absolute atomic E-state index is 0.0414. The van der Waals surface area contributed by atoms with Crippen LogP contribution in [0.25, 0.3) is 0 Å². The highest BCUT2D eigenvalue weighted by Crippen LogP contribution is 2.32. The molecule has 5 nitrogen and oxygen atoms in total. The number of piperidine rings is 1. The van der Waals surface area contributed by atoms with E-state index in [9.17, 15) is 9.59 Å². The van der Waals surface area contributed by atoms with Crippen LogP contribution in [-0.2, 0) is 4.79 Å². The van der Waals surface area contributed by atoms with Crippen LogP contribution >= 0.6 is 0 Å². The lowest BCUT2D eigenvalue weighted by Crippen LogP contribution is -2.40. The van der Waals surface area contributed by atoms with Crippen LogP contribution in [0.4, 0.5) is 5.69 Å². The first kappa shape index (κ1) is 17.9. The smallest absolute Gasteiger partial charge is 0.251 e. The van der Waals surface area contributed by atoms with Crippen LogP contribution in [-0.4, -0.2) is 29.4 Å². The number of nitrogens with one attached hydrogen (secondary N) is 3. The lowest BCUT2D eigenvalue weighted by atomic mass is 9.89. The fourth-order valence-electron chi connectivity index (χ4n) is 3.97. The predicted molar refractivity (Wildman–Crippen MR) is 99.6 cm³/mol. The van der Waals surface area contributed by atoms with E-state index in [1.807, 2.05) is 26.8 Å². The van der Waals surface area contributed by atoms with Gasteiger partial charge in [0.15, 0.2) is 0 Å². The lowest BCUT2D eigenvalue weighted by Gasteiger charge is -2.28. The van der Waals surface area contributed by atoms with Crippen molar-refractivity contribution in [2.24, 2.45) is 5.92 Å². The summed E-state index contributed by atoms with van der Waals surface area (Å²) in [4.78, 5) is 24.7. The summed E-state index contributed by atoms with van der Waals surface area (Å²) in [6, 6.07) is 8.34. The van der Waals surface area contributed by atoms with Crippen LogP contribution in [0.2, 0.25) is 0 Å². The van der Waals surface area contributed by atoms with Crippen LogP contribution in [0.1, 0.15) is 63.2 Å². The third-order valence-corrected chi connectivity index (χ3v) is 4.94.